The molecule has 2 atom stereocenters. The molecule has 1 saturated heterocycles. The van der Waals surface area contributed by atoms with E-state index in [-0.39, 0.29) is 11.9 Å². The molecule has 0 radical (unpaired) electrons. The number of amides is 1. The fourth-order valence-corrected chi connectivity index (χ4v) is 3.16. The average molecular weight is 295 g/mol. The Hall–Kier alpha value is -1.26. The molecule has 1 fully saturated rings. The Morgan fingerprint density at radius 1 is 1.50 bits per heavy atom. The van der Waals surface area contributed by atoms with E-state index in [9.17, 15) is 4.79 Å². The lowest BCUT2D eigenvalue weighted by Crippen LogP contribution is -2.40. The molecule has 2 heterocycles. The predicted octanol–water partition coefficient (Wildman–Crippen LogP) is 2.37. The molecule has 4 nitrogen and oxygen atoms in total. The number of rotatable bonds is 3. The summed E-state index contributed by atoms with van der Waals surface area (Å²) in [7, 11) is 0. The minimum Gasteiger partial charge on any atom is -0.478 e. The van der Waals surface area contributed by atoms with Crippen LogP contribution in [0.4, 0.5) is 0 Å². The Labute approximate surface area is 124 Å². The van der Waals surface area contributed by atoms with Crippen LogP contribution in [0.15, 0.2) is 18.2 Å². The third-order valence-electron chi connectivity index (χ3n) is 3.98. The fraction of sp³-hybridized carbons (Fsp3) is 0.533. The molecule has 0 spiro atoms. The van der Waals surface area contributed by atoms with Gasteiger partial charge in [-0.2, -0.15) is 0 Å². The first-order valence-electron chi connectivity index (χ1n) is 7.18. The summed E-state index contributed by atoms with van der Waals surface area (Å²) in [5.41, 5.74) is 1.04. The maximum Gasteiger partial charge on any atom is 0.263 e. The normalized spacial score (nSPS) is 25.4. The highest BCUT2D eigenvalue weighted by Crippen LogP contribution is 2.42. The highest BCUT2D eigenvalue weighted by molar-refractivity contribution is 6.30. The maximum atomic E-state index is 12.2. The largest absolute Gasteiger partial charge is 0.478 e. The fourth-order valence-electron chi connectivity index (χ4n) is 2.98. The molecule has 1 N–H and O–H groups in total. The van der Waals surface area contributed by atoms with Gasteiger partial charge >= 0.3 is 0 Å². The van der Waals surface area contributed by atoms with Gasteiger partial charge in [0.05, 0.1) is 6.04 Å². The van der Waals surface area contributed by atoms with Crippen molar-refractivity contribution >= 4 is 17.5 Å². The van der Waals surface area contributed by atoms with Crippen LogP contribution in [-0.2, 0) is 4.79 Å². The van der Waals surface area contributed by atoms with Crippen molar-refractivity contribution in [3.05, 3.63) is 28.8 Å². The van der Waals surface area contributed by atoms with Gasteiger partial charge in [0.2, 0.25) is 0 Å². The molecule has 0 aliphatic carbocycles. The number of hydrogen-bond donors (Lipinski definition) is 1. The van der Waals surface area contributed by atoms with E-state index in [1.807, 2.05) is 12.1 Å². The summed E-state index contributed by atoms with van der Waals surface area (Å²) in [4.78, 5) is 14.5. The van der Waals surface area contributed by atoms with Crippen molar-refractivity contribution in [1.29, 1.82) is 0 Å². The minimum atomic E-state index is -0.456. The molecule has 108 valence electrons. The van der Waals surface area contributed by atoms with E-state index in [4.69, 9.17) is 16.3 Å². The van der Waals surface area contributed by atoms with Crippen molar-refractivity contribution in [2.24, 2.45) is 0 Å². The van der Waals surface area contributed by atoms with Crippen molar-refractivity contribution in [2.45, 2.75) is 31.9 Å². The van der Waals surface area contributed by atoms with E-state index in [1.165, 1.54) is 0 Å². The SMILES string of the molecule is CCCCN1CCNC(=O)C2Oc3ccc(Cl)cc3C21. The number of carbonyl (C=O) groups is 1. The smallest absolute Gasteiger partial charge is 0.263 e. The van der Waals surface area contributed by atoms with E-state index < -0.39 is 6.10 Å². The van der Waals surface area contributed by atoms with Gasteiger partial charge in [0, 0.05) is 23.7 Å². The van der Waals surface area contributed by atoms with Crippen molar-refractivity contribution in [1.82, 2.24) is 10.2 Å². The number of nitrogens with one attached hydrogen (secondary N) is 1. The monoisotopic (exact) mass is 294 g/mol. The molecule has 2 unspecified atom stereocenters. The Morgan fingerprint density at radius 3 is 3.15 bits per heavy atom. The van der Waals surface area contributed by atoms with Crippen molar-refractivity contribution in [3.8, 4) is 5.75 Å². The van der Waals surface area contributed by atoms with Gasteiger partial charge in [0.15, 0.2) is 6.10 Å². The molecule has 0 aromatic heterocycles. The summed E-state index contributed by atoms with van der Waals surface area (Å²) >= 11 is 6.11. The Morgan fingerprint density at radius 2 is 2.35 bits per heavy atom. The van der Waals surface area contributed by atoms with Crippen LogP contribution in [-0.4, -0.2) is 36.5 Å². The zero-order chi connectivity index (χ0) is 14.1. The number of hydrogen-bond acceptors (Lipinski definition) is 3. The van der Waals surface area contributed by atoms with Crippen LogP contribution in [0, 0.1) is 0 Å². The lowest BCUT2D eigenvalue weighted by molar-refractivity contribution is -0.128. The molecule has 0 bridgehead atoms. The quantitative estimate of drug-likeness (QED) is 0.930. The van der Waals surface area contributed by atoms with Gasteiger partial charge in [-0.25, -0.2) is 0 Å². The number of benzene rings is 1. The lowest BCUT2D eigenvalue weighted by atomic mass is 10.0. The van der Waals surface area contributed by atoms with Gasteiger partial charge in [-0.15, -0.1) is 0 Å². The summed E-state index contributed by atoms with van der Waals surface area (Å²) in [5.74, 6) is 0.754. The van der Waals surface area contributed by atoms with E-state index in [1.54, 1.807) is 6.07 Å². The highest BCUT2D eigenvalue weighted by atomic mass is 35.5. The first-order chi connectivity index (χ1) is 9.70. The van der Waals surface area contributed by atoms with Crippen molar-refractivity contribution in [3.63, 3.8) is 0 Å². The summed E-state index contributed by atoms with van der Waals surface area (Å²) in [5, 5.41) is 3.62. The van der Waals surface area contributed by atoms with Crippen LogP contribution in [0.2, 0.25) is 5.02 Å². The standard InChI is InChI=1S/C15H19ClN2O2/c1-2-3-7-18-8-6-17-15(19)14-13(18)11-9-10(16)4-5-12(11)20-14/h4-5,9,13-14H,2-3,6-8H2,1H3,(H,17,19). The zero-order valence-electron chi connectivity index (χ0n) is 11.6. The van der Waals surface area contributed by atoms with Crippen molar-refractivity contribution in [2.75, 3.05) is 19.6 Å². The van der Waals surface area contributed by atoms with Gasteiger partial charge in [0.1, 0.15) is 5.75 Å². The van der Waals surface area contributed by atoms with Gasteiger partial charge in [0.25, 0.3) is 5.91 Å². The zero-order valence-corrected chi connectivity index (χ0v) is 12.3. The van der Waals surface area contributed by atoms with E-state index in [2.05, 4.69) is 17.1 Å². The van der Waals surface area contributed by atoms with E-state index >= 15 is 0 Å². The highest BCUT2D eigenvalue weighted by Gasteiger charge is 2.44. The van der Waals surface area contributed by atoms with Crippen LogP contribution in [0.1, 0.15) is 31.4 Å². The topological polar surface area (TPSA) is 41.6 Å². The molecule has 2 aliphatic rings. The van der Waals surface area contributed by atoms with Crippen LogP contribution >= 0.6 is 11.6 Å². The Bertz CT molecular complexity index is 521. The molecule has 20 heavy (non-hydrogen) atoms. The van der Waals surface area contributed by atoms with Crippen LogP contribution in [0.3, 0.4) is 0 Å². The Balaban J connectivity index is 1.96. The molecule has 1 amide bonds. The summed E-state index contributed by atoms with van der Waals surface area (Å²) < 4.78 is 5.86. The molecular formula is C15H19ClN2O2. The number of halogens is 1. The second-order valence-electron chi connectivity index (χ2n) is 5.35. The molecule has 0 saturated carbocycles. The van der Waals surface area contributed by atoms with E-state index in [0.29, 0.717) is 11.6 Å². The molecule has 1 aromatic carbocycles. The Kier molecular flexibility index (Phi) is 3.85. The second kappa shape index (κ2) is 5.62. The van der Waals surface area contributed by atoms with Gasteiger partial charge in [-0.1, -0.05) is 24.9 Å². The summed E-state index contributed by atoms with van der Waals surface area (Å²) in [6, 6.07) is 5.58. The number of unbranched alkanes of at least 4 members (excludes halogenated alkanes) is 1. The van der Waals surface area contributed by atoms with Crippen LogP contribution in [0.5, 0.6) is 5.75 Å². The van der Waals surface area contributed by atoms with Crippen molar-refractivity contribution < 1.29 is 9.53 Å². The number of fused-ring (bicyclic) bond motifs is 3. The third-order valence-corrected chi connectivity index (χ3v) is 4.22. The minimum absolute atomic E-state index is 0.0160. The molecule has 2 aliphatic heterocycles. The van der Waals surface area contributed by atoms with E-state index in [0.717, 1.165) is 37.2 Å². The molecule has 3 rings (SSSR count). The third kappa shape index (κ3) is 2.38. The maximum absolute atomic E-state index is 12.2. The number of nitrogens with zero attached hydrogens (tertiary/aromatic N) is 1. The first kappa shape index (κ1) is 13.7. The molecular weight excluding hydrogens is 276 g/mol. The predicted molar refractivity (Wildman–Crippen MR) is 78.1 cm³/mol. The second-order valence-corrected chi connectivity index (χ2v) is 5.78. The summed E-state index contributed by atoms with van der Waals surface area (Å²) in [6.45, 7) is 4.67. The van der Waals surface area contributed by atoms with Gasteiger partial charge in [-0.3, -0.25) is 9.69 Å². The number of carbonyl (C=O) groups excluding carboxylic acids is 1. The molecule has 1 aromatic rings. The van der Waals surface area contributed by atoms with Crippen LogP contribution < -0.4 is 10.1 Å². The average Bonchev–Trinajstić information content (AvgIpc) is 2.73. The van der Waals surface area contributed by atoms with Gasteiger partial charge < -0.3 is 10.1 Å². The molecule has 5 heteroatoms. The first-order valence-corrected chi connectivity index (χ1v) is 7.56. The van der Waals surface area contributed by atoms with Gasteiger partial charge in [-0.05, 0) is 31.2 Å². The summed E-state index contributed by atoms with van der Waals surface area (Å²) in [6.07, 6.45) is 1.80. The number of ether oxygens (including phenoxy) is 1. The lowest BCUT2D eigenvalue weighted by Gasteiger charge is -2.28. The van der Waals surface area contributed by atoms with Crippen LogP contribution in [0.25, 0.3) is 0 Å².